The van der Waals surface area contributed by atoms with Crippen LogP contribution in [0.25, 0.3) is 0 Å². The van der Waals surface area contributed by atoms with Gasteiger partial charge in [0.1, 0.15) is 5.78 Å². The Morgan fingerprint density at radius 1 is 1.08 bits per heavy atom. The summed E-state index contributed by atoms with van der Waals surface area (Å²) in [6, 6.07) is 0.264. The number of nitrogens with two attached hydrogens (primary N) is 2. The molecule has 1 saturated heterocycles. The molecule has 1 aliphatic carbocycles. The van der Waals surface area contributed by atoms with Crippen LogP contribution in [-0.2, 0) is 14.4 Å². The predicted molar refractivity (Wildman–Crippen MR) is 95.2 cm³/mol. The molecule has 0 amide bonds. The lowest BCUT2D eigenvalue weighted by atomic mass is 9.81. The number of carbonyl (C=O) groups excluding carboxylic acids is 1. The average Bonchev–Trinajstić information content (AvgIpc) is 2.53. The van der Waals surface area contributed by atoms with E-state index in [4.69, 9.17) is 21.0 Å². The van der Waals surface area contributed by atoms with E-state index in [1.165, 1.54) is 0 Å². The fraction of sp³-hybridized carbons (Fsp3) is 0.941. The van der Waals surface area contributed by atoms with Crippen LogP contribution in [0, 0.1) is 5.92 Å². The number of ether oxygens (including phenoxy) is 1. The summed E-state index contributed by atoms with van der Waals surface area (Å²) < 4.78 is 5.23. The van der Waals surface area contributed by atoms with Crippen molar-refractivity contribution in [2.45, 2.75) is 51.6 Å². The second kappa shape index (κ2) is 11.9. The summed E-state index contributed by atoms with van der Waals surface area (Å²) in [5.74, 6) is 0.351. The van der Waals surface area contributed by atoms with Crippen LogP contribution in [0.1, 0.15) is 39.5 Å². The van der Waals surface area contributed by atoms with Crippen molar-refractivity contribution in [2.24, 2.45) is 17.4 Å². The Balaban J connectivity index is 0.000000243. The Hall–Kier alpha value is -0.570. The van der Waals surface area contributed by atoms with E-state index in [1.807, 2.05) is 5.06 Å². The molecule has 0 spiro atoms. The third kappa shape index (κ3) is 9.05. The highest BCUT2D eigenvalue weighted by Gasteiger charge is 2.27. The SMILES string of the molecule is CC(=O)C1CC(N)CC(N)C1.CCCOCON1CCN(C)CC1. The molecule has 4 N–H and O–H groups in total. The van der Waals surface area contributed by atoms with Gasteiger partial charge >= 0.3 is 0 Å². The van der Waals surface area contributed by atoms with Gasteiger partial charge in [0, 0.05) is 50.8 Å². The minimum Gasteiger partial charge on any atom is -0.353 e. The van der Waals surface area contributed by atoms with Crippen LogP contribution in [0.4, 0.5) is 0 Å². The first-order chi connectivity index (χ1) is 11.4. The summed E-state index contributed by atoms with van der Waals surface area (Å²) in [5.41, 5.74) is 11.4. The first kappa shape index (κ1) is 21.5. The monoisotopic (exact) mass is 344 g/mol. The summed E-state index contributed by atoms with van der Waals surface area (Å²) in [6.45, 7) is 9.01. The van der Waals surface area contributed by atoms with Crippen molar-refractivity contribution in [2.75, 3.05) is 46.6 Å². The molecule has 2 fully saturated rings. The van der Waals surface area contributed by atoms with Gasteiger partial charge in [-0.05, 0) is 39.7 Å². The number of hydrogen-bond acceptors (Lipinski definition) is 7. The van der Waals surface area contributed by atoms with E-state index in [9.17, 15) is 4.79 Å². The molecule has 0 bridgehead atoms. The van der Waals surface area contributed by atoms with E-state index in [0.717, 1.165) is 58.5 Å². The first-order valence-corrected chi connectivity index (χ1v) is 9.08. The summed E-state index contributed by atoms with van der Waals surface area (Å²) >= 11 is 0. The fourth-order valence-electron chi connectivity index (χ4n) is 2.97. The molecule has 142 valence electrons. The lowest BCUT2D eigenvalue weighted by molar-refractivity contribution is -0.234. The molecule has 2 atom stereocenters. The van der Waals surface area contributed by atoms with Crippen LogP contribution >= 0.6 is 0 Å². The van der Waals surface area contributed by atoms with Crippen LogP contribution in [-0.4, -0.2) is 74.5 Å². The molecule has 7 heteroatoms. The number of ketones is 1. The van der Waals surface area contributed by atoms with Gasteiger partial charge in [-0.25, -0.2) is 0 Å². The maximum absolute atomic E-state index is 11.0. The largest absolute Gasteiger partial charge is 0.353 e. The summed E-state index contributed by atoms with van der Waals surface area (Å²) in [7, 11) is 2.13. The maximum atomic E-state index is 11.0. The van der Waals surface area contributed by atoms with Crippen molar-refractivity contribution in [3.63, 3.8) is 0 Å². The van der Waals surface area contributed by atoms with E-state index >= 15 is 0 Å². The molecule has 0 aromatic heterocycles. The Kier molecular flexibility index (Phi) is 10.6. The first-order valence-electron chi connectivity index (χ1n) is 9.08. The zero-order valence-corrected chi connectivity index (χ0v) is 15.6. The van der Waals surface area contributed by atoms with Crippen molar-refractivity contribution >= 4 is 5.78 Å². The molecule has 2 rings (SSSR count). The predicted octanol–water partition coefficient (Wildman–Crippen LogP) is 0.580. The topological polar surface area (TPSA) is 94.0 Å². The quantitative estimate of drug-likeness (QED) is 0.538. The molecular formula is C17H36N4O3. The summed E-state index contributed by atoms with van der Waals surface area (Å²) in [4.78, 5) is 18.7. The van der Waals surface area contributed by atoms with Gasteiger partial charge in [0.2, 0.25) is 0 Å². The zero-order chi connectivity index (χ0) is 17.9. The molecule has 1 aliphatic heterocycles. The van der Waals surface area contributed by atoms with Crippen molar-refractivity contribution in [3.05, 3.63) is 0 Å². The molecule has 2 aliphatic rings. The van der Waals surface area contributed by atoms with Crippen LogP contribution in [0.3, 0.4) is 0 Å². The average molecular weight is 345 g/mol. The highest BCUT2D eigenvalue weighted by Crippen LogP contribution is 2.22. The normalized spacial score (nSPS) is 29.0. The molecule has 1 heterocycles. The van der Waals surface area contributed by atoms with E-state index < -0.39 is 0 Å². The molecular weight excluding hydrogens is 308 g/mol. The van der Waals surface area contributed by atoms with Gasteiger partial charge in [0.15, 0.2) is 6.79 Å². The van der Waals surface area contributed by atoms with E-state index in [1.54, 1.807) is 6.92 Å². The van der Waals surface area contributed by atoms with Crippen molar-refractivity contribution < 1.29 is 14.4 Å². The van der Waals surface area contributed by atoms with Crippen molar-refractivity contribution in [1.29, 1.82) is 0 Å². The smallest absolute Gasteiger partial charge is 0.167 e. The third-order valence-electron chi connectivity index (χ3n) is 4.48. The second-order valence-corrected chi connectivity index (χ2v) is 6.92. The molecule has 1 saturated carbocycles. The van der Waals surface area contributed by atoms with Gasteiger partial charge in [0.05, 0.1) is 0 Å². The van der Waals surface area contributed by atoms with E-state index in [-0.39, 0.29) is 23.8 Å². The number of piperazine rings is 1. The highest BCUT2D eigenvalue weighted by atomic mass is 16.8. The molecule has 2 unspecified atom stereocenters. The highest BCUT2D eigenvalue weighted by molar-refractivity contribution is 5.78. The van der Waals surface area contributed by atoms with Gasteiger partial charge in [0.25, 0.3) is 0 Å². The number of carbonyl (C=O) groups is 1. The van der Waals surface area contributed by atoms with E-state index in [0.29, 0.717) is 6.79 Å². The number of rotatable bonds is 6. The number of Topliss-reactive ketones (excluding diaryl/α,β-unsaturated/α-hetero) is 1. The Morgan fingerprint density at radius 2 is 1.67 bits per heavy atom. The molecule has 0 radical (unpaired) electrons. The van der Waals surface area contributed by atoms with Gasteiger partial charge in [-0.15, -0.1) is 0 Å². The molecule has 0 aromatic carbocycles. The van der Waals surface area contributed by atoms with E-state index in [2.05, 4.69) is 18.9 Å². The molecule has 0 aromatic rings. The van der Waals surface area contributed by atoms with Gasteiger partial charge in [-0.2, -0.15) is 5.06 Å². The van der Waals surface area contributed by atoms with Gasteiger partial charge in [-0.3, -0.25) is 9.63 Å². The number of hydroxylamine groups is 2. The minimum absolute atomic E-state index is 0.119. The van der Waals surface area contributed by atoms with Crippen molar-refractivity contribution in [1.82, 2.24) is 9.96 Å². The van der Waals surface area contributed by atoms with Gasteiger partial charge in [-0.1, -0.05) is 6.92 Å². The van der Waals surface area contributed by atoms with Crippen LogP contribution in [0.5, 0.6) is 0 Å². The molecule has 7 nitrogen and oxygen atoms in total. The van der Waals surface area contributed by atoms with Crippen LogP contribution < -0.4 is 11.5 Å². The fourth-order valence-corrected chi connectivity index (χ4v) is 2.97. The molecule has 24 heavy (non-hydrogen) atoms. The maximum Gasteiger partial charge on any atom is 0.167 e. The number of hydrogen-bond donors (Lipinski definition) is 2. The standard InChI is InChI=1S/C9H20N2O2.C8H16N2O/c1-3-8-12-9-13-11-6-4-10(2)5-7-11;1-5(11)6-2-7(9)4-8(10)3-6/h3-9H2,1-2H3;6-8H,2-4,9-10H2,1H3. The number of nitrogens with zero attached hydrogens (tertiary/aromatic N) is 2. The summed E-state index contributed by atoms with van der Waals surface area (Å²) in [5, 5.41) is 1.98. The van der Waals surface area contributed by atoms with Crippen molar-refractivity contribution in [3.8, 4) is 0 Å². The zero-order valence-electron chi connectivity index (χ0n) is 15.6. The lowest BCUT2D eigenvalue weighted by Crippen LogP contribution is -2.44. The lowest BCUT2D eigenvalue weighted by Gasteiger charge is -2.31. The number of likely N-dealkylation sites (N-methyl/N-ethyl adjacent to an activating group) is 1. The Bertz CT molecular complexity index is 339. The minimum atomic E-state index is 0.119. The van der Waals surface area contributed by atoms with Crippen LogP contribution in [0.15, 0.2) is 0 Å². The Morgan fingerprint density at radius 3 is 2.17 bits per heavy atom. The third-order valence-corrected chi connectivity index (χ3v) is 4.48. The summed E-state index contributed by atoms with van der Waals surface area (Å²) in [6.07, 6.45) is 3.56. The second-order valence-electron chi connectivity index (χ2n) is 6.92. The Labute approximate surface area is 146 Å². The van der Waals surface area contributed by atoms with Crippen LogP contribution in [0.2, 0.25) is 0 Å². The van der Waals surface area contributed by atoms with Gasteiger partial charge < -0.3 is 21.1 Å².